The van der Waals surface area contributed by atoms with Crippen LogP contribution in [0.3, 0.4) is 0 Å². The fourth-order valence-corrected chi connectivity index (χ4v) is 4.13. The summed E-state index contributed by atoms with van der Waals surface area (Å²) in [5.74, 6) is 0.870. The molecule has 0 aliphatic carbocycles. The topological polar surface area (TPSA) is 41.5 Å². The lowest BCUT2D eigenvalue weighted by Gasteiger charge is -2.30. The number of aromatic nitrogens is 2. The van der Waals surface area contributed by atoms with Gasteiger partial charge in [0.2, 0.25) is 5.95 Å². The van der Waals surface area contributed by atoms with Gasteiger partial charge in [-0.2, -0.15) is 0 Å². The first kappa shape index (κ1) is 17.6. The fourth-order valence-electron chi connectivity index (χ4n) is 3.18. The van der Waals surface area contributed by atoms with Gasteiger partial charge in [-0.3, -0.25) is 4.90 Å². The first-order valence-electron chi connectivity index (χ1n) is 8.22. The van der Waals surface area contributed by atoms with Gasteiger partial charge in [-0.05, 0) is 23.9 Å². The molecular weight excluding hydrogens is 344 g/mol. The van der Waals surface area contributed by atoms with E-state index in [1.54, 1.807) is 0 Å². The molecule has 0 bridgehead atoms. The fraction of sp³-hybridized carbons (Fsp3) is 0.529. The van der Waals surface area contributed by atoms with Crippen molar-refractivity contribution in [3.8, 4) is 0 Å². The average molecular weight is 367 g/mol. The van der Waals surface area contributed by atoms with Crippen LogP contribution in [-0.4, -0.2) is 47.7 Å². The number of anilines is 1. The van der Waals surface area contributed by atoms with Crippen molar-refractivity contribution in [3.05, 3.63) is 39.3 Å². The minimum absolute atomic E-state index is 0. The van der Waals surface area contributed by atoms with Crippen molar-refractivity contribution in [3.63, 3.8) is 0 Å². The van der Waals surface area contributed by atoms with Crippen LogP contribution in [0.1, 0.15) is 21.7 Å². The van der Waals surface area contributed by atoms with Crippen molar-refractivity contribution < 1.29 is 4.74 Å². The van der Waals surface area contributed by atoms with Gasteiger partial charge in [-0.1, -0.05) is 0 Å². The zero-order valence-electron chi connectivity index (χ0n) is 13.9. The van der Waals surface area contributed by atoms with E-state index in [1.807, 2.05) is 17.5 Å². The molecule has 1 saturated heterocycles. The average Bonchev–Trinajstić information content (AvgIpc) is 3.00. The number of hydrogen-bond donors (Lipinski definition) is 0. The van der Waals surface area contributed by atoms with Crippen LogP contribution in [0.25, 0.3) is 0 Å². The lowest BCUT2D eigenvalue weighted by molar-refractivity contribution is 0.122. The van der Waals surface area contributed by atoms with Crippen LogP contribution in [-0.2, 0) is 24.2 Å². The molecule has 4 heterocycles. The molecule has 0 aromatic carbocycles. The summed E-state index contributed by atoms with van der Waals surface area (Å²) in [5, 5.41) is 2.18. The van der Waals surface area contributed by atoms with Crippen molar-refractivity contribution in [2.24, 2.45) is 0 Å². The summed E-state index contributed by atoms with van der Waals surface area (Å²) in [6.07, 6.45) is 3.04. The SMILES string of the molecule is Cc1ccsc1CN1CCc2nc(N3CCOCC3)ncc2C1.Cl. The second-order valence-electron chi connectivity index (χ2n) is 6.23. The molecule has 0 amide bonds. The summed E-state index contributed by atoms with van der Waals surface area (Å²) in [6, 6.07) is 2.20. The van der Waals surface area contributed by atoms with E-state index in [0.717, 1.165) is 58.3 Å². The van der Waals surface area contributed by atoms with E-state index in [0.29, 0.717) is 0 Å². The van der Waals surface area contributed by atoms with Crippen LogP contribution in [0, 0.1) is 6.92 Å². The van der Waals surface area contributed by atoms with Gasteiger partial charge in [0.05, 0.1) is 18.9 Å². The molecule has 5 nitrogen and oxygen atoms in total. The number of fused-ring (bicyclic) bond motifs is 1. The Morgan fingerprint density at radius 1 is 1.25 bits per heavy atom. The smallest absolute Gasteiger partial charge is 0.225 e. The van der Waals surface area contributed by atoms with Crippen molar-refractivity contribution in [1.29, 1.82) is 0 Å². The van der Waals surface area contributed by atoms with E-state index in [9.17, 15) is 0 Å². The van der Waals surface area contributed by atoms with E-state index in [4.69, 9.17) is 9.72 Å². The lowest BCUT2D eigenvalue weighted by atomic mass is 10.1. The van der Waals surface area contributed by atoms with Crippen molar-refractivity contribution in [2.45, 2.75) is 26.4 Å². The second kappa shape index (κ2) is 7.78. The summed E-state index contributed by atoms with van der Waals surface area (Å²) in [6.45, 7) is 8.59. The Kier molecular flexibility index (Phi) is 5.71. The quantitative estimate of drug-likeness (QED) is 0.835. The summed E-state index contributed by atoms with van der Waals surface area (Å²) < 4.78 is 5.40. The molecule has 0 radical (unpaired) electrons. The summed E-state index contributed by atoms with van der Waals surface area (Å²) in [4.78, 5) is 15.6. The van der Waals surface area contributed by atoms with Crippen molar-refractivity contribution >= 4 is 29.7 Å². The highest BCUT2D eigenvalue weighted by atomic mass is 35.5. The summed E-state index contributed by atoms with van der Waals surface area (Å²) in [5.41, 5.74) is 3.91. The van der Waals surface area contributed by atoms with Gasteiger partial charge in [0, 0.05) is 55.8 Å². The molecule has 0 saturated carbocycles. The largest absolute Gasteiger partial charge is 0.378 e. The van der Waals surface area contributed by atoms with Crippen molar-refractivity contribution in [2.75, 3.05) is 37.7 Å². The third-order valence-corrected chi connectivity index (χ3v) is 5.64. The van der Waals surface area contributed by atoms with Gasteiger partial charge in [0.1, 0.15) is 0 Å². The molecule has 1 fully saturated rings. The van der Waals surface area contributed by atoms with Gasteiger partial charge >= 0.3 is 0 Å². The van der Waals surface area contributed by atoms with Crippen molar-refractivity contribution in [1.82, 2.24) is 14.9 Å². The standard InChI is InChI=1S/C17H22N4OS.ClH/c1-13-3-9-23-16(13)12-20-4-2-15-14(11-20)10-18-17(19-15)21-5-7-22-8-6-21;/h3,9-10H,2,4-8,11-12H2,1H3;1H. The van der Waals surface area contributed by atoms with E-state index >= 15 is 0 Å². The van der Waals surface area contributed by atoms with Crippen LogP contribution in [0.5, 0.6) is 0 Å². The number of halogens is 1. The normalized spacial score (nSPS) is 18.1. The zero-order valence-corrected chi connectivity index (χ0v) is 15.5. The number of ether oxygens (including phenoxy) is 1. The first-order chi connectivity index (χ1) is 11.3. The van der Waals surface area contributed by atoms with Crippen LogP contribution in [0.2, 0.25) is 0 Å². The maximum absolute atomic E-state index is 5.40. The van der Waals surface area contributed by atoms with Gasteiger partial charge in [0.15, 0.2) is 0 Å². The lowest BCUT2D eigenvalue weighted by Crippen LogP contribution is -2.38. The predicted molar refractivity (Wildman–Crippen MR) is 99.2 cm³/mol. The Hall–Kier alpha value is -1.21. The van der Waals surface area contributed by atoms with E-state index in [2.05, 4.69) is 33.2 Å². The Labute approximate surface area is 153 Å². The van der Waals surface area contributed by atoms with Crippen LogP contribution >= 0.6 is 23.7 Å². The molecule has 2 aromatic heterocycles. The molecular formula is C17H23ClN4OS. The summed E-state index contributed by atoms with van der Waals surface area (Å²) in [7, 11) is 0. The van der Waals surface area contributed by atoms with Gasteiger partial charge < -0.3 is 9.64 Å². The summed E-state index contributed by atoms with van der Waals surface area (Å²) >= 11 is 1.85. The van der Waals surface area contributed by atoms with E-state index < -0.39 is 0 Å². The Morgan fingerprint density at radius 3 is 2.83 bits per heavy atom. The van der Waals surface area contributed by atoms with E-state index in [1.165, 1.54) is 21.7 Å². The molecule has 24 heavy (non-hydrogen) atoms. The Morgan fingerprint density at radius 2 is 2.08 bits per heavy atom. The van der Waals surface area contributed by atoms with Gasteiger partial charge in [-0.25, -0.2) is 9.97 Å². The maximum Gasteiger partial charge on any atom is 0.225 e. The highest BCUT2D eigenvalue weighted by Gasteiger charge is 2.21. The molecule has 7 heteroatoms. The minimum Gasteiger partial charge on any atom is -0.378 e. The molecule has 0 atom stereocenters. The number of aryl methyl sites for hydroxylation is 1. The molecule has 0 N–H and O–H groups in total. The highest BCUT2D eigenvalue weighted by molar-refractivity contribution is 7.10. The Bertz CT molecular complexity index is 687. The number of morpholine rings is 1. The molecule has 2 aromatic rings. The second-order valence-corrected chi connectivity index (χ2v) is 7.23. The minimum atomic E-state index is 0. The number of thiophene rings is 1. The molecule has 4 rings (SSSR count). The maximum atomic E-state index is 5.40. The number of nitrogens with zero attached hydrogens (tertiary/aromatic N) is 4. The molecule has 130 valence electrons. The predicted octanol–water partition coefficient (Wildman–Crippen LogP) is 2.66. The van der Waals surface area contributed by atoms with Crippen LogP contribution in [0.4, 0.5) is 5.95 Å². The third-order valence-electron chi connectivity index (χ3n) is 4.63. The van der Waals surface area contributed by atoms with E-state index in [-0.39, 0.29) is 12.4 Å². The Balaban J connectivity index is 0.00000169. The highest BCUT2D eigenvalue weighted by Crippen LogP contribution is 2.24. The first-order valence-corrected chi connectivity index (χ1v) is 9.10. The van der Waals surface area contributed by atoms with Gasteiger partial charge in [-0.15, -0.1) is 23.7 Å². The van der Waals surface area contributed by atoms with Crippen LogP contribution < -0.4 is 4.90 Å². The van der Waals surface area contributed by atoms with Gasteiger partial charge in [0.25, 0.3) is 0 Å². The number of hydrogen-bond acceptors (Lipinski definition) is 6. The monoisotopic (exact) mass is 366 g/mol. The molecule has 2 aliphatic heterocycles. The zero-order chi connectivity index (χ0) is 15.6. The molecule has 0 unspecified atom stereocenters. The molecule has 0 spiro atoms. The van der Waals surface area contributed by atoms with Crippen LogP contribution in [0.15, 0.2) is 17.6 Å². The number of rotatable bonds is 3. The molecule has 2 aliphatic rings. The third kappa shape index (κ3) is 3.72.